The van der Waals surface area contributed by atoms with Gasteiger partial charge < -0.3 is 0 Å². The molecule has 0 atom stereocenters. The van der Waals surface area contributed by atoms with Crippen LogP contribution in [-0.4, -0.2) is 38.1 Å². The minimum absolute atomic E-state index is 0.0871. The second kappa shape index (κ2) is 3.80. The predicted octanol–water partition coefficient (Wildman–Crippen LogP) is 0.104. The average molecular weight is 260 g/mol. The second-order valence-corrected chi connectivity index (χ2v) is 7.58. The van der Waals surface area contributed by atoms with Crippen molar-refractivity contribution in [3.05, 3.63) is 12.2 Å². The van der Waals surface area contributed by atoms with Gasteiger partial charge in [-0.15, -0.1) is 11.6 Å². The number of hydrogen-bond acceptors (Lipinski definition) is 4. The molecule has 0 N–H and O–H groups in total. The highest BCUT2D eigenvalue weighted by Crippen LogP contribution is 2.21. The van der Waals surface area contributed by atoms with Crippen LogP contribution >= 0.6 is 11.6 Å². The summed E-state index contributed by atoms with van der Waals surface area (Å²) in [6.07, 6.45) is 0.356. The Kier molecular flexibility index (Phi) is 3.25. The van der Waals surface area contributed by atoms with Crippen LogP contribution in [0.4, 0.5) is 0 Å². The summed E-state index contributed by atoms with van der Waals surface area (Å²) in [5.41, 5.74) is 0.519. The van der Waals surface area contributed by atoms with Gasteiger partial charge in [0.25, 0.3) is 0 Å². The molecular formula is C6H10ClNO4S2. The molecule has 0 aliphatic carbocycles. The van der Waals surface area contributed by atoms with Gasteiger partial charge in [-0.05, 0) is 6.42 Å². The lowest BCUT2D eigenvalue weighted by molar-refractivity contribution is 0.492. The molecule has 1 saturated heterocycles. The van der Waals surface area contributed by atoms with Crippen molar-refractivity contribution in [1.82, 2.24) is 3.71 Å². The average Bonchev–Trinajstić information content (AvgIpc) is 2.01. The molecule has 0 amide bonds. The van der Waals surface area contributed by atoms with E-state index in [4.69, 9.17) is 11.6 Å². The Bertz CT molecular complexity index is 438. The summed E-state index contributed by atoms with van der Waals surface area (Å²) >= 11 is 5.17. The Morgan fingerprint density at radius 3 is 2.50 bits per heavy atom. The smallest absolute Gasteiger partial charge is 0.211 e. The van der Waals surface area contributed by atoms with Crippen LogP contribution in [0.25, 0.3) is 0 Å². The third kappa shape index (κ3) is 2.28. The van der Waals surface area contributed by atoms with Crippen LogP contribution < -0.4 is 0 Å². The van der Waals surface area contributed by atoms with E-state index >= 15 is 0 Å². The van der Waals surface area contributed by atoms with Crippen LogP contribution in [0.3, 0.4) is 0 Å². The molecule has 0 aromatic heterocycles. The first kappa shape index (κ1) is 12.0. The third-order valence-corrected chi connectivity index (χ3v) is 6.64. The van der Waals surface area contributed by atoms with Gasteiger partial charge in [-0.2, -0.15) is 0 Å². The highest BCUT2D eigenvalue weighted by molar-refractivity contribution is 8.04. The minimum atomic E-state index is -3.88. The fourth-order valence-electron chi connectivity index (χ4n) is 1.16. The molecule has 0 aromatic rings. The molecule has 1 aliphatic heterocycles. The largest absolute Gasteiger partial charge is 0.241 e. The Labute approximate surface area is 88.5 Å². The Hall–Kier alpha value is -0.110. The quantitative estimate of drug-likeness (QED) is 0.521. The predicted molar refractivity (Wildman–Crippen MR) is 53.9 cm³/mol. The Morgan fingerprint density at radius 1 is 1.50 bits per heavy atom. The maximum Gasteiger partial charge on any atom is 0.241 e. The molecule has 0 aromatic carbocycles. The molecule has 1 rings (SSSR count). The van der Waals surface area contributed by atoms with Gasteiger partial charge in [0.2, 0.25) is 20.0 Å². The van der Waals surface area contributed by atoms with Crippen LogP contribution in [-0.2, 0) is 20.0 Å². The first-order valence-electron chi connectivity index (χ1n) is 3.75. The first-order valence-corrected chi connectivity index (χ1v) is 7.51. The number of hydrogen-bond donors (Lipinski definition) is 0. The normalized spacial score (nSPS) is 23.6. The summed E-state index contributed by atoms with van der Waals surface area (Å²) < 4.78 is 45.8. The zero-order valence-corrected chi connectivity index (χ0v) is 9.70. The number of alkyl halides is 1. The molecule has 14 heavy (non-hydrogen) atoms. The summed E-state index contributed by atoms with van der Waals surface area (Å²) in [5.74, 6) is -0.316. The molecule has 1 fully saturated rings. The molecular weight excluding hydrogens is 250 g/mol. The lowest BCUT2D eigenvalue weighted by Crippen LogP contribution is -2.43. The van der Waals surface area contributed by atoms with E-state index in [9.17, 15) is 16.8 Å². The summed E-state index contributed by atoms with van der Waals surface area (Å²) in [4.78, 5) is 0. The van der Waals surface area contributed by atoms with Crippen molar-refractivity contribution in [3.63, 3.8) is 0 Å². The van der Waals surface area contributed by atoms with E-state index < -0.39 is 25.3 Å². The van der Waals surface area contributed by atoms with Gasteiger partial charge >= 0.3 is 0 Å². The third-order valence-electron chi connectivity index (χ3n) is 1.79. The standard InChI is InChI=1S/C6H10ClNO4S2/c1-6-2-3-8(13(9,10)4-6)14(11,12)5-7/h1-5H2. The van der Waals surface area contributed by atoms with Crippen LogP contribution in [0, 0.1) is 0 Å². The van der Waals surface area contributed by atoms with E-state index in [2.05, 4.69) is 6.58 Å². The maximum absolute atomic E-state index is 11.4. The molecule has 8 heteroatoms. The number of rotatable bonds is 2. The molecule has 0 saturated carbocycles. The minimum Gasteiger partial charge on any atom is -0.211 e. The van der Waals surface area contributed by atoms with Gasteiger partial charge in [0.15, 0.2) is 0 Å². The fraction of sp³-hybridized carbons (Fsp3) is 0.667. The topological polar surface area (TPSA) is 71.5 Å². The van der Waals surface area contributed by atoms with Crippen LogP contribution in [0.1, 0.15) is 6.42 Å². The van der Waals surface area contributed by atoms with Crippen LogP contribution in [0.15, 0.2) is 12.2 Å². The van der Waals surface area contributed by atoms with E-state index in [1.165, 1.54) is 0 Å². The monoisotopic (exact) mass is 259 g/mol. The maximum atomic E-state index is 11.4. The highest BCUT2D eigenvalue weighted by Gasteiger charge is 2.36. The van der Waals surface area contributed by atoms with E-state index in [-0.39, 0.29) is 12.3 Å². The van der Waals surface area contributed by atoms with Gasteiger partial charge in [-0.1, -0.05) is 15.9 Å². The zero-order valence-electron chi connectivity index (χ0n) is 7.31. The van der Waals surface area contributed by atoms with Crippen molar-refractivity contribution >= 4 is 31.6 Å². The molecule has 1 aliphatic rings. The molecule has 0 unspecified atom stereocenters. The number of halogens is 1. The van der Waals surface area contributed by atoms with Gasteiger partial charge in [0, 0.05) is 6.54 Å². The summed E-state index contributed by atoms with van der Waals surface area (Å²) in [5, 5.41) is -0.724. The SMILES string of the molecule is C=C1CCN(S(=O)(=O)CCl)S(=O)(=O)C1. The first-order chi connectivity index (χ1) is 6.29. The van der Waals surface area contributed by atoms with Crippen molar-refractivity contribution < 1.29 is 16.8 Å². The molecule has 0 bridgehead atoms. The second-order valence-electron chi connectivity index (χ2n) is 2.97. The number of nitrogens with zero attached hydrogens (tertiary/aromatic N) is 1. The van der Waals surface area contributed by atoms with Crippen molar-refractivity contribution in [3.8, 4) is 0 Å². The van der Waals surface area contributed by atoms with Gasteiger partial charge in [0.05, 0.1) is 5.75 Å². The molecule has 1 heterocycles. The zero-order chi connectivity index (χ0) is 11.0. The van der Waals surface area contributed by atoms with E-state index in [1.807, 2.05) is 0 Å². The van der Waals surface area contributed by atoms with Gasteiger partial charge in [-0.3, -0.25) is 0 Å². The highest BCUT2D eigenvalue weighted by atomic mass is 35.5. The molecule has 0 radical (unpaired) electrons. The van der Waals surface area contributed by atoms with Gasteiger partial charge in [0.1, 0.15) is 5.21 Å². The van der Waals surface area contributed by atoms with Crippen LogP contribution in [0.2, 0.25) is 0 Å². The van der Waals surface area contributed by atoms with Crippen molar-refractivity contribution in [2.24, 2.45) is 0 Å². The lowest BCUT2D eigenvalue weighted by Gasteiger charge is -2.25. The fourth-order valence-corrected chi connectivity index (χ4v) is 5.04. The lowest BCUT2D eigenvalue weighted by atomic mass is 10.2. The van der Waals surface area contributed by atoms with Gasteiger partial charge in [-0.25, -0.2) is 16.8 Å². The van der Waals surface area contributed by atoms with E-state index in [1.54, 1.807) is 0 Å². The van der Waals surface area contributed by atoms with Crippen molar-refractivity contribution in [1.29, 1.82) is 0 Å². The molecule has 82 valence electrons. The summed E-state index contributed by atoms with van der Waals surface area (Å²) in [6, 6.07) is 0. The summed E-state index contributed by atoms with van der Waals surface area (Å²) in [7, 11) is -7.66. The van der Waals surface area contributed by atoms with E-state index in [0.717, 1.165) is 0 Å². The Balaban J connectivity index is 3.09. The summed E-state index contributed by atoms with van der Waals surface area (Å²) in [6.45, 7) is 3.43. The molecule has 5 nitrogen and oxygen atoms in total. The van der Waals surface area contributed by atoms with Crippen LogP contribution in [0.5, 0.6) is 0 Å². The number of sulfonamides is 2. The Morgan fingerprint density at radius 2 is 2.07 bits per heavy atom. The van der Waals surface area contributed by atoms with E-state index in [0.29, 0.717) is 15.7 Å². The van der Waals surface area contributed by atoms with Crippen molar-refractivity contribution in [2.75, 3.05) is 17.5 Å². The van der Waals surface area contributed by atoms with Crippen molar-refractivity contribution in [2.45, 2.75) is 6.42 Å². The molecule has 0 spiro atoms.